The third-order valence-electron chi connectivity index (χ3n) is 7.38. The Kier molecular flexibility index (Phi) is 6.28. The Labute approximate surface area is 198 Å². The van der Waals surface area contributed by atoms with E-state index in [0.29, 0.717) is 35.4 Å². The first kappa shape index (κ1) is 23.4. The van der Waals surface area contributed by atoms with Gasteiger partial charge in [0.1, 0.15) is 12.3 Å². The average Bonchev–Trinajstić information content (AvgIpc) is 2.74. The monoisotopic (exact) mass is 472 g/mol. The van der Waals surface area contributed by atoms with Crippen LogP contribution < -0.4 is 15.4 Å². The first-order chi connectivity index (χ1) is 15.6. The predicted molar refractivity (Wildman–Crippen MR) is 123 cm³/mol. The standard InChI is InChI=1S/C24H29ClN4O4/c1-23(2,33-18-5-3-17(25)4-6-18)21(28-13-26)29-20-15-7-14-8-16(20)11-24(9-14,10-15)22(32)27-12-19(30)31/h3-6,14-16,20H,7-12H2,1-2H3,(H,27,32)(H,28,29)(H,30,31). The summed E-state index contributed by atoms with van der Waals surface area (Å²) in [5.74, 6) is 0.876. The maximum absolute atomic E-state index is 12.9. The molecule has 1 amide bonds. The van der Waals surface area contributed by atoms with Gasteiger partial charge in [-0.3, -0.25) is 9.59 Å². The molecule has 8 nitrogen and oxygen atoms in total. The number of carbonyl (C=O) groups is 2. The fraction of sp³-hybridized carbons (Fsp3) is 0.583. The van der Waals surface area contributed by atoms with E-state index in [4.69, 9.17) is 21.4 Å². The number of hydrogen-bond acceptors (Lipinski definition) is 5. The number of amidine groups is 1. The zero-order chi connectivity index (χ0) is 23.8. The molecule has 4 fully saturated rings. The quantitative estimate of drug-likeness (QED) is 0.317. The van der Waals surface area contributed by atoms with Crippen molar-refractivity contribution >= 4 is 29.3 Å². The van der Waals surface area contributed by atoms with Gasteiger partial charge in [0.2, 0.25) is 12.1 Å². The minimum absolute atomic E-state index is 0.0853. The number of nitrogens with zero attached hydrogens (tertiary/aromatic N) is 2. The van der Waals surface area contributed by atoms with E-state index in [1.165, 1.54) is 0 Å². The molecule has 4 saturated carbocycles. The Balaban J connectivity index is 1.50. The van der Waals surface area contributed by atoms with Crippen LogP contribution >= 0.6 is 11.6 Å². The molecule has 4 bridgehead atoms. The summed E-state index contributed by atoms with van der Waals surface area (Å²) in [6.45, 7) is 3.38. The number of amides is 1. The summed E-state index contributed by atoms with van der Waals surface area (Å²) in [4.78, 5) is 27.9. The number of nitrogens with one attached hydrogen (secondary N) is 2. The van der Waals surface area contributed by atoms with Gasteiger partial charge in [-0.05, 0) is 88.0 Å². The van der Waals surface area contributed by atoms with Crippen molar-refractivity contribution in [3.8, 4) is 11.9 Å². The SMILES string of the molecule is CC(C)(Oc1ccc(Cl)cc1)/C(=N/C#N)NC1C2CC3CC1CC(C(=O)NCC(=O)O)(C3)C2. The Morgan fingerprint density at radius 3 is 2.45 bits per heavy atom. The number of aliphatic carboxylic acids is 1. The Hall–Kier alpha value is -2.79. The smallest absolute Gasteiger partial charge is 0.322 e. The summed E-state index contributed by atoms with van der Waals surface area (Å²) < 4.78 is 6.15. The normalized spacial score (nSPS) is 30.4. The molecule has 0 saturated heterocycles. The van der Waals surface area contributed by atoms with Gasteiger partial charge >= 0.3 is 5.97 Å². The van der Waals surface area contributed by atoms with E-state index < -0.39 is 17.0 Å². The minimum atomic E-state index is -1.03. The Morgan fingerprint density at radius 2 is 1.88 bits per heavy atom. The third kappa shape index (κ3) is 4.79. The summed E-state index contributed by atoms with van der Waals surface area (Å²) in [5.41, 5.74) is -1.37. The first-order valence-electron chi connectivity index (χ1n) is 11.3. The van der Waals surface area contributed by atoms with E-state index >= 15 is 0 Å². The summed E-state index contributed by atoms with van der Waals surface area (Å²) >= 11 is 5.97. The highest BCUT2D eigenvalue weighted by Gasteiger charge is 2.58. The zero-order valence-corrected chi connectivity index (χ0v) is 19.6. The van der Waals surface area contributed by atoms with Gasteiger partial charge in [0.05, 0.1) is 5.41 Å². The van der Waals surface area contributed by atoms with E-state index in [1.54, 1.807) is 24.3 Å². The third-order valence-corrected chi connectivity index (χ3v) is 7.63. The lowest BCUT2D eigenvalue weighted by molar-refractivity contribution is -0.151. The van der Waals surface area contributed by atoms with Gasteiger partial charge in [-0.1, -0.05) is 11.6 Å². The maximum Gasteiger partial charge on any atom is 0.322 e. The highest BCUT2D eigenvalue weighted by atomic mass is 35.5. The van der Waals surface area contributed by atoms with Crippen LogP contribution in [-0.4, -0.2) is 41.0 Å². The Morgan fingerprint density at radius 1 is 1.24 bits per heavy atom. The van der Waals surface area contributed by atoms with Crippen LogP contribution in [0.15, 0.2) is 29.3 Å². The van der Waals surface area contributed by atoms with Crippen LogP contribution in [0.25, 0.3) is 0 Å². The van der Waals surface area contributed by atoms with Crippen LogP contribution in [0.4, 0.5) is 0 Å². The zero-order valence-electron chi connectivity index (χ0n) is 18.8. The summed E-state index contributed by atoms with van der Waals surface area (Å²) in [5, 5.41) is 25.1. The van der Waals surface area contributed by atoms with Gasteiger partial charge in [0, 0.05) is 11.1 Å². The summed E-state index contributed by atoms with van der Waals surface area (Å²) in [6.07, 6.45) is 6.17. The van der Waals surface area contributed by atoms with Gasteiger partial charge in [0.15, 0.2) is 11.4 Å². The molecule has 0 aromatic heterocycles. The van der Waals surface area contributed by atoms with E-state index in [-0.39, 0.29) is 30.3 Å². The van der Waals surface area contributed by atoms with Gasteiger partial charge in [-0.25, -0.2) is 0 Å². The van der Waals surface area contributed by atoms with E-state index in [1.807, 2.05) is 20.0 Å². The molecule has 3 N–H and O–H groups in total. The predicted octanol–water partition coefficient (Wildman–Crippen LogP) is 3.36. The second-order valence-corrected chi connectivity index (χ2v) is 10.6. The topological polar surface area (TPSA) is 124 Å². The van der Waals surface area contributed by atoms with Crippen molar-refractivity contribution in [2.45, 2.75) is 57.6 Å². The van der Waals surface area contributed by atoms with Crippen LogP contribution in [0.1, 0.15) is 46.0 Å². The Bertz CT molecular complexity index is 985. The molecule has 0 aliphatic heterocycles. The molecular formula is C24H29ClN4O4. The molecule has 1 aromatic rings. The van der Waals surface area contributed by atoms with Gasteiger partial charge in [-0.15, -0.1) is 0 Å². The van der Waals surface area contributed by atoms with E-state index in [2.05, 4.69) is 15.6 Å². The highest BCUT2D eigenvalue weighted by Crippen LogP contribution is 2.60. The van der Waals surface area contributed by atoms with Crippen molar-refractivity contribution in [1.82, 2.24) is 10.6 Å². The van der Waals surface area contributed by atoms with Crippen LogP contribution in [0.2, 0.25) is 5.02 Å². The van der Waals surface area contributed by atoms with Crippen molar-refractivity contribution in [1.29, 1.82) is 5.26 Å². The minimum Gasteiger partial charge on any atom is -0.480 e. The van der Waals surface area contributed by atoms with Crippen molar-refractivity contribution in [3.63, 3.8) is 0 Å². The molecule has 9 heteroatoms. The fourth-order valence-corrected chi connectivity index (χ4v) is 6.40. The molecule has 0 spiro atoms. The first-order valence-corrected chi connectivity index (χ1v) is 11.7. The van der Waals surface area contributed by atoms with Crippen LogP contribution in [0, 0.1) is 34.6 Å². The maximum atomic E-state index is 12.9. The lowest BCUT2D eigenvalue weighted by Crippen LogP contribution is -2.64. The number of rotatable bonds is 7. The molecule has 1 aromatic carbocycles. The van der Waals surface area contributed by atoms with Crippen molar-refractivity contribution in [3.05, 3.63) is 29.3 Å². The molecule has 4 aliphatic rings. The second kappa shape index (κ2) is 8.86. The number of carbonyl (C=O) groups excluding carboxylic acids is 1. The molecule has 0 radical (unpaired) electrons. The molecular weight excluding hydrogens is 444 g/mol. The largest absolute Gasteiger partial charge is 0.480 e. The number of carboxylic acids is 1. The van der Waals surface area contributed by atoms with E-state index in [0.717, 1.165) is 19.3 Å². The van der Waals surface area contributed by atoms with Crippen LogP contribution in [0.3, 0.4) is 0 Å². The second-order valence-electron chi connectivity index (χ2n) is 10.1. The molecule has 176 valence electrons. The number of nitriles is 1. The number of halogens is 1. The average molecular weight is 473 g/mol. The van der Waals surface area contributed by atoms with Crippen LogP contribution in [0.5, 0.6) is 5.75 Å². The number of aliphatic imine (C=N–C) groups is 1. The highest BCUT2D eigenvalue weighted by molar-refractivity contribution is 6.30. The van der Waals surface area contributed by atoms with Crippen molar-refractivity contribution in [2.75, 3.05) is 6.54 Å². The molecule has 5 rings (SSSR count). The lowest BCUT2D eigenvalue weighted by atomic mass is 9.47. The number of ether oxygens (including phenoxy) is 1. The fourth-order valence-electron chi connectivity index (χ4n) is 6.28. The number of carboxylic acid groups (broad SMARTS) is 1. The molecule has 0 heterocycles. The lowest BCUT2D eigenvalue weighted by Gasteiger charge is -2.59. The summed E-state index contributed by atoms with van der Waals surface area (Å²) in [7, 11) is 0. The summed E-state index contributed by atoms with van der Waals surface area (Å²) in [6, 6.07) is 7.12. The van der Waals surface area contributed by atoms with Gasteiger partial charge < -0.3 is 20.5 Å². The van der Waals surface area contributed by atoms with Crippen LogP contribution in [-0.2, 0) is 9.59 Å². The van der Waals surface area contributed by atoms with Crippen molar-refractivity contribution < 1.29 is 19.4 Å². The number of hydrogen-bond donors (Lipinski definition) is 3. The van der Waals surface area contributed by atoms with E-state index in [9.17, 15) is 14.9 Å². The van der Waals surface area contributed by atoms with Crippen molar-refractivity contribution in [2.24, 2.45) is 28.2 Å². The molecule has 33 heavy (non-hydrogen) atoms. The molecule has 2 atom stereocenters. The van der Waals surface area contributed by atoms with Gasteiger partial charge in [-0.2, -0.15) is 10.3 Å². The molecule has 4 aliphatic carbocycles. The molecule has 2 unspecified atom stereocenters. The van der Waals surface area contributed by atoms with Gasteiger partial charge in [0.25, 0.3) is 0 Å². The number of benzene rings is 1.